The summed E-state index contributed by atoms with van der Waals surface area (Å²) in [5.74, 6) is 5.88. The Hall–Kier alpha value is -1.45. The number of primary amides is 1. The second kappa shape index (κ2) is 5.46. The normalized spacial score (nSPS) is 19.7. The molecule has 2 rings (SSSR count). The summed E-state index contributed by atoms with van der Waals surface area (Å²) in [6, 6.07) is -0.546. The number of rotatable bonds is 3. The van der Waals surface area contributed by atoms with Gasteiger partial charge in [0, 0.05) is 6.54 Å². The van der Waals surface area contributed by atoms with E-state index in [9.17, 15) is 4.79 Å². The van der Waals surface area contributed by atoms with Gasteiger partial charge in [-0.15, -0.1) is 0 Å². The molecule has 1 aromatic heterocycles. The Balaban J connectivity index is 2.36. The standard InChI is InChI=1S/C9H13BrN6O2/c10-6-8(15-12)13-4-14-9(6)16-1-2-18-3-5(16)7(11)17/h4-5H,1-3,12H2,(H2,11,17)(H,13,14,15). The van der Waals surface area contributed by atoms with Crippen molar-refractivity contribution in [1.29, 1.82) is 0 Å². The summed E-state index contributed by atoms with van der Waals surface area (Å²) in [6.45, 7) is 1.27. The molecule has 0 aliphatic carbocycles. The van der Waals surface area contributed by atoms with E-state index in [1.54, 1.807) is 4.90 Å². The van der Waals surface area contributed by atoms with Gasteiger partial charge in [-0.2, -0.15) is 0 Å². The second-order valence-electron chi connectivity index (χ2n) is 3.69. The highest BCUT2D eigenvalue weighted by atomic mass is 79.9. The minimum Gasteiger partial charge on any atom is -0.377 e. The van der Waals surface area contributed by atoms with Gasteiger partial charge < -0.3 is 20.8 Å². The van der Waals surface area contributed by atoms with Gasteiger partial charge in [-0.25, -0.2) is 15.8 Å². The van der Waals surface area contributed by atoms with Crippen LogP contribution in [0.3, 0.4) is 0 Å². The van der Waals surface area contributed by atoms with Crippen LogP contribution in [0.25, 0.3) is 0 Å². The van der Waals surface area contributed by atoms with E-state index in [2.05, 4.69) is 31.3 Å². The summed E-state index contributed by atoms with van der Waals surface area (Å²) in [6.07, 6.45) is 1.36. The highest BCUT2D eigenvalue weighted by Gasteiger charge is 2.30. The summed E-state index contributed by atoms with van der Waals surface area (Å²) in [7, 11) is 0. The van der Waals surface area contributed by atoms with Gasteiger partial charge in [-0.05, 0) is 15.9 Å². The van der Waals surface area contributed by atoms with E-state index in [1.165, 1.54) is 6.33 Å². The van der Waals surface area contributed by atoms with Crippen LogP contribution in [-0.2, 0) is 9.53 Å². The molecule has 1 aliphatic heterocycles. The predicted octanol–water partition coefficient (Wildman–Crippen LogP) is -0.785. The first-order valence-electron chi connectivity index (χ1n) is 5.26. The van der Waals surface area contributed by atoms with Crippen LogP contribution < -0.4 is 21.9 Å². The molecule has 18 heavy (non-hydrogen) atoms. The molecule has 0 bridgehead atoms. The number of hydrogen-bond acceptors (Lipinski definition) is 7. The first-order chi connectivity index (χ1) is 8.65. The average molecular weight is 317 g/mol. The minimum absolute atomic E-state index is 0.247. The zero-order valence-electron chi connectivity index (χ0n) is 9.47. The Morgan fingerprint density at radius 3 is 3.06 bits per heavy atom. The van der Waals surface area contributed by atoms with Crippen LogP contribution in [0.1, 0.15) is 0 Å². The number of ether oxygens (including phenoxy) is 1. The van der Waals surface area contributed by atoms with Crippen molar-refractivity contribution >= 4 is 33.5 Å². The average Bonchev–Trinajstić information content (AvgIpc) is 2.39. The van der Waals surface area contributed by atoms with Crippen molar-refractivity contribution in [2.75, 3.05) is 30.1 Å². The molecule has 1 atom stereocenters. The zero-order valence-corrected chi connectivity index (χ0v) is 11.1. The Bertz CT molecular complexity index is 457. The predicted molar refractivity (Wildman–Crippen MR) is 68.7 cm³/mol. The topological polar surface area (TPSA) is 119 Å². The van der Waals surface area contributed by atoms with Gasteiger partial charge in [-0.1, -0.05) is 0 Å². The van der Waals surface area contributed by atoms with E-state index in [-0.39, 0.29) is 6.61 Å². The fourth-order valence-electron chi connectivity index (χ4n) is 1.75. The van der Waals surface area contributed by atoms with Gasteiger partial charge >= 0.3 is 0 Å². The van der Waals surface area contributed by atoms with Crippen molar-refractivity contribution in [3.63, 3.8) is 0 Å². The van der Waals surface area contributed by atoms with Crippen molar-refractivity contribution in [2.45, 2.75) is 6.04 Å². The molecule has 1 unspecified atom stereocenters. The first-order valence-corrected chi connectivity index (χ1v) is 6.05. The molecule has 1 aromatic rings. The van der Waals surface area contributed by atoms with Gasteiger partial charge in [-0.3, -0.25) is 4.79 Å². The van der Waals surface area contributed by atoms with Gasteiger partial charge in [0.15, 0.2) is 5.82 Å². The number of carbonyl (C=O) groups excluding carboxylic acids is 1. The number of aromatic nitrogens is 2. The maximum Gasteiger partial charge on any atom is 0.242 e. The van der Waals surface area contributed by atoms with Crippen molar-refractivity contribution in [3.05, 3.63) is 10.8 Å². The van der Waals surface area contributed by atoms with Crippen LogP contribution in [0, 0.1) is 0 Å². The molecule has 98 valence electrons. The fraction of sp³-hybridized carbons (Fsp3) is 0.444. The molecule has 9 heteroatoms. The molecule has 1 amide bonds. The quantitative estimate of drug-likeness (QED) is 0.494. The SMILES string of the molecule is NNc1ncnc(N2CCOCC2C(N)=O)c1Br. The maximum atomic E-state index is 11.4. The highest BCUT2D eigenvalue weighted by molar-refractivity contribution is 9.10. The Morgan fingerprint density at radius 1 is 1.61 bits per heavy atom. The zero-order chi connectivity index (χ0) is 13.1. The molecular weight excluding hydrogens is 304 g/mol. The number of hydrogen-bond donors (Lipinski definition) is 3. The van der Waals surface area contributed by atoms with Crippen molar-refractivity contribution in [1.82, 2.24) is 9.97 Å². The van der Waals surface area contributed by atoms with E-state index < -0.39 is 11.9 Å². The molecule has 5 N–H and O–H groups in total. The molecule has 0 aromatic carbocycles. The fourth-order valence-corrected chi connectivity index (χ4v) is 2.30. The molecule has 1 saturated heterocycles. The van der Waals surface area contributed by atoms with Gasteiger partial charge in [0.2, 0.25) is 5.91 Å². The third-order valence-electron chi connectivity index (χ3n) is 2.64. The van der Waals surface area contributed by atoms with Crippen LogP contribution in [0.5, 0.6) is 0 Å². The summed E-state index contributed by atoms with van der Waals surface area (Å²) < 4.78 is 5.83. The molecule has 0 radical (unpaired) electrons. The highest BCUT2D eigenvalue weighted by Crippen LogP contribution is 2.30. The number of nitrogens with two attached hydrogens (primary N) is 2. The van der Waals surface area contributed by atoms with Crippen molar-refractivity contribution in [2.24, 2.45) is 11.6 Å². The summed E-state index contributed by atoms with van der Waals surface area (Å²) in [5.41, 5.74) is 7.80. The lowest BCUT2D eigenvalue weighted by atomic mass is 10.2. The van der Waals surface area contributed by atoms with Gasteiger partial charge in [0.05, 0.1) is 13.2 Å². The molecule has 1 aliphatic rings. The number of amides is 1. The molecule has 2 heterocycles. The molecule has 0 saturated carbocycles. The first kappa shape index (κ1) is 13.0. The van der Waals surface area contributed by atoms with Crippen molar-refractivity contribution in [3.8, 4) is 0 Å². The van der Waals surface area contributed by atoms with Crippen molar-refractivity contribution < 1.29 is 9.53 Å². The van der Waals surface area contributed by atoms with Crippen LogP contribution in [0.4, 0.5) is 11.6 Å². The van der Waals surface area contributed by atoms with E-state index >= 15 is 0 Å². The number of hydrazine groups is 1. The number of nitrogens with one attached hydrogen (secondary N) is 1. The number of morpholine rings is 1. The summed E-state index contributed by atoms with van der Waals surface area (Å²) in [5, 5.41) is 0. The van der Waals surface area contributed by atoms with Crippen LogP contribution in [-0.4, -0.2) is 41.7 Å². The number of anilines is 2. The smallest absolute Gasteiger partial charge is 0.242 e. The van der Waals surface area contributed by atoms with Crippen LogP contribution >= 0.6 is 15.9 Å². The molecule has 0 spiro atoms. The monoisotopic (exact) mass is 316 g/mol. The van der Waals surface area contributed by atoms with E-state index in [0.717, 1.165) is 0 Å². The number of carbonyl (C=O) groups is 1. The lowest BCUT2D eigenvalue weighted by Gasteiger charge is -2.34. The largest absolute Gasteiger partial charge is 0.377 e. The van der Waals surface area contributed by atoms with E-state index in [0.29, 0.717) is 29.3 Å². The number of nitrogens with zero attached hydrogens (tertiary/aromatic N) is 3. The summed E-state index contributed by atoms with van der Waals surface area (Å²) >= 11 is 3.35. The maximum absolute atomic E-state index is 11.4. The minimum atomic E-state index is -0.546. The van der Waals surface area contributed by atoms with Crippen LogP contribution in [0.15, 0.2) is 10.8 Å². The third kappa shape index (κ3) is 2.37. The van der Waals surface area contributed by atoms with Gasteiger partial charge in [0.25, 0.3) is 0 Å². The van der Waals surface area contributed by atoms with Crippen LogP contribution in [0.2, 0.25) is 0 Å². The summed E-state index contributed by atoms with van der Waals surface area (Å²) in [4.78, 5) is 21.3. The second-order valence-corrected chi connectivity index (χ2v) is 4.48. The lowest BCUT2D eigenvalue weighted by molar-refractivity contribution is -0.121. The number of nitrogen functional groups attached to an aromatic ring is 1. The molecular formula is C9H13BrN6O2. The number of halogens is 1. The van der Waals surface area contributed by atoms with E-state index in [1.807, 2.05) is 0 Å². The Labute approximate surface area is 112 Å². The molecule has 1 fully saturated rings. The Morgan fingerprint density at radius 2 is 2.39 bits per heavy atom. The molecule has 8 nitrogen and oxygen atoms in total. The van der Waals surface area contributed by atoms with Gasteiger partial charge in [0.1, 0.15) is 22.7 Å². The third-order valence-corrected chi connectivity index (χ3v) is 3.37. The van der Waals surface area contributed by atoms with E-state index in [4.69, 9.17) is 16.3 Å². The lowest BCUT2D eigenvalue weighted by Crippen LogP contribution is -2.53. The Kier molecular flexibility index (Phi) is 3.94.